The van der Waals surface area contributed by atoms with Gasteiger partial charge in [-0.05, 0) is 37.1 Å². The summed E-state index contributed by atoms with van der Waals surface area (Å²) in [6.07, 6.45) is 2.90. The Morgan fingerprint density at radius 3 is 2.80 bits per heavy atom. The van der Waals surface area contributed by atoms with Crippen molar-refractivity contribution in [2.45, 2.75) is 25.3 Å². The molecule has 0 aromatic heterocycles. The largest absolute Gasteiger partial charge is 0.484 e. The second-order valence-corrected chi connectivity index (χ2v) is 4.97. The highest BCUT2D eigenvalue weighted by atomic mass is 16.5. The quantitative estimate of drug-likeness (QED) is 0.845. The summed E-state index contributed by atoms with van der Waals surface area (Å²) in [5.41, 5.74) is 0.554. The molecule has 106 valence electrons. The van der Waals surface area contributed by atoms with Crippen molar-refractivity contribution in [3.8, 4) is 11.8 Å². The standard InChI is InChI=1S/C15H18N2O3/c16-8-11-4-6-13(7-5-11)20-10-15(19)17-14-3-1-2-12(14)9-18/h4-7,12,14,18H,1-3,9-10H2,(H,17,19). The van der Waals surface area contributed by atoms with Gasteiger partial charge in [0.05, 0.1) is 11.6 Å². The molecule has 1 aromatic rings. The lowest BCUT2D eigenvalue weighted by atomic mass is 10.1. The van der Waals surface area contributed by atoms with Gasteiger partial charge in [-0.3, -0.25) is 4.79 Å². The topological polar surface area (TPSA) is 82.3 Å². The lowest BCUT2D eigenvalue weighted by molar-refractivity contribution is -0.124. The molecule has 0 spiro atoms. The number of nitrogens with zero attached hydrogens (tertiary/aromatic N) is 1. The third-order valence-corrected chi connectivity index (χ3v) is 3.59. The molecule has 2 N–H and O–H groups in total. The minimum atomic E-state index is -0.181. The van der Waals surface area contributed by atoms with Crippen LogP contribution in [0, 0.1) is 17.2 Å². The van der Waals surface area contributed by atoms with Crippen LogP contribution in [0.4, 0.5) is 0 Å². The number of nitrogens with one attached hydrogen (secondary N) is 1. The third-order valence-electron chi connectivity index (χ3n) is 3.59. The maximum Gasteiger partial charge on any atom is 0.258 e. The van der Waals surface area contributed by atoms with Gasteiger partial charge in [-0.15, -0.1) is 0 Å². The van der Waals surface area contributed by atoms with Crippen LogP contribution in [-0.2, 0) is 4.79 Å². The van der Waals surface area contributed by atoms with E-state index in [1.54, 1.807) is 24.3 Å². The molecule has 2 atom stereocenters. The molecule has 0 radical (unpaired) electrons. The number of hydrogen-bond acceptors (Lipinski definition) is 4. The molecule has 1 saturated carbocycles. The van der Waals surface area contributed by atoms with E-state index in [1.165, 1.54) is 0 Å². The van der Waals surface area contributed by atoms with E-state index in [2.05, 4.69) is 5.32 Å². The molecule has 0 saturated heterocycles. The van der Waals surface area contributed by atoms with Crippen LogP contribution in [0.25, 0.3) is 0 Å². The molecule has 5 nitrogen and oxygen atoms in total. The van der Waals surface area contributed by atoms with Gasteiger partial charge in [0, 0.05) is 18.6 Å². The van der Waals surface area contributed by atoms with Gasteiger partial charge >= 0.3 is 0 Å². The lowest BCUT2D eigenvalue weighted by Crippen LogP contribution is -2.40. The van der Waals surface area contributed by atoms with Crippen molar-refractivity contribution >= 4 is 5.91 Å². The van der Waals surface area contributed by atoms with Crippen LogP contribution in [-0.4, -0.2) is 30.3 Å². The number of benzene rings is 1. The van der Waals surface area contributed by atoms with E-state index in [-0.39, 0.29) is 31.1 Å². The molecular formula is C15H18N2O3. The van der Waals surface area contributed by atoms with Crippen LogP contribution < -0.4 is 10.1 Å². The molecule has 0 heterocycles. The van der Waals surface area contributed by atoms with Crippen LogP contribution >= 0.6 is 0 Å². The second kappa shape index (κ2) is 6.92. The number of aliphatic hydroxyl groups is 1. The Labute approximate surface area is 118 Å². The highest BCUT2D eigenvalue weighted by molar-refractivity contribution is 5.77. The summed E-state index contributed by atoms with van der Waals surface area (Å²) in [6.45, 7) is 0.0575. The molecule has 1 aliphatic rings. The Morgan fingerprint density at radius 1 is 1.40 bits per heavy atom. The average molecular weight is 274 g/mol. The summed E-state index contributed by atoms with van der Waals surface area (Å²) in [6, 6.07) is 8.69. The fourth-order valence-corrected chi connectivity index (χ4v) is 2.47. The first-order chi connectivity index (χ1) is 9.72. The zero-order chi connectivity index (χ0) is 14.4. The monoisotopic (exact) mass is 274 g/mol. The van der Waals surface area contributed by atoms with E-state index < -0.39 is 0 Å². The summed E-state index contributed by atoms with van der Waals surface area (Å²) in [5, 5.41) is 20.8. The molecule has 0 aliphatic heterocycles. The van der Waals surface area contributed by atoms with Gasteiger partial charge in [-0.2, -0.15) is 5.26 Å². The number of aliphatic hydroxyl groups excluding tert-OH is 1. The molecule has 2 rings (SSSR count). The summed E-state index contributed by atoms with van der Waals surface area (Å²) in [5.74, 6) is 0.540. The molecule has 1 fully saturated rings. The smallest absolute Gasteiger partial charge is 0.258 e. The molecule has 5 heteroatoms. The van der Waals surface area contributed by atoms with Crippen LogP contribution in [0.2, 0.25) is 0 Å². The lowest BCUT2D eigenvalue weighted by Gasteiger charge is -2.19. The molecule has 0 bridgehead atoms. The van der Waals surface area contributed by atoms with Crippen molar-refractivity contribution in [1.29, 1.82) is 5.26 Å². The highest BCUT2D eigenvalue weighted by Gasteiger charge is 2.27. The Hall–Kier alpha value is -2.06. The minimum Gasteiger partial charge on any atom is -0.484 e. The first kappa shape index (κ1) is 14.4. The van der Waals surface area contributed by atoms with Crippen LogP contribution in [0.1, 0.15) is 24.8 Å². The van der Waals surface area contributed by atoms with Gasteiger partial charge in [-0.1, -0.05) is 6.42 Å². The van der Waals surface area contributed by atoms with E-state index in [0.29, 0.717) is 11.3 Å². The number of ether oxygens (including phenoxy) is 1. The van der Waals surface area contributed by atoms with Crippen molar-refractivity contribution in [3.05, 3.63) is 29.8 Å². The molecule has 1 aliphatic carbocycles. The van der Waals surface area contributed by atoms with E-state index in [0.717, 1.165) is 19.3 Å². The number of carbonyl (C=O) groups excluding carboxylic acids is 1. The molecule has 20 heavy (non-hydrogen) atoms. The molecule has 2 unspecified atom stereocenters. The van der Waals surface area contributed by atoms with E-state index >= 15 is 0 Å². The van der Waals surface area contributed by atoms with E-state index in [1.807, 2.05) is 6.07 Å². The second-order valence-electron chi connectivity index (χ2n) is 4.97. The Bertz CT molecular complexity index is 493. The first-order valence-electron chi connectivity index (χ1n) is 6.76. The summed E-state index contributed by atoms with van der Waals surface area (Å²) < 4.78 is 5.36. The predicted octanol–water partition coefficient (Wildman–Crippen LogP) is 1.21. The SMILES string of the molecule is N#Cc1ccc(OCC(=O)NC2CCCC2CO)cc1. The number of carbonyl (C=O) groups is 1. The predicted molar refractivity (Wildman–Crippen MR) is 73.0 cm³/mol. The van der Waals surface area contributed by atoms with E-state index in [9.17, 15) is 9.90 Å². The van der Waals surface area contributed by atoms with Crippen molar-refractivity contribution in [3.63, 3.8) is 0 Å². The number of amides is 1. The van der Waals surface area contributed by atoms with Gasteiger partial charge in [0.25, 0.3) is 5.91 Å². The van der Waals surface area contributed by atoms with Crippen molar-refractivity contribution in [1.82, 2.24) is 5.32 Å². The fraction of sp³-hybridized carbons (Fsp3) is 0.467. The number of nitriles is 1. The number of rotatable bonds is 5. The van der Waals surface area contributed by atoms with Crippen molar-refractivity contribution in [2.24, 2.45) is 5.92 Å². The highest BCUT2D eigenvalue weighted by Crippen LogP contribution is 2.24. The maximum atomic E-state index is 11.8. The van der Waals surface area contributed by atoms with Crippen molar-refractivity contribution < 1.29 is 14.6 Å². The molecule has 1 amide bonds. The maximum absolute atomic E-state index is 11.8. The average Bonchev–Trinajstić information content (AvgIpc) is 2.92. The van der Waals surface area contributed by atoms with Gasteiger partial charge in [-0.25, -0.2) is 0 Å². The Balaban J connectivity index is 1.78. The van der Waals surface area contributed by atoms with Gasteiger partial charge in [0.1, 0.15) is 5.75 Å². The van der Waals surface area contributed by atoms with Crippen molar-refractivity contribution in [2.75, 3.05) is 13.2 Å². The Kier molecular flexibility index (Phi) is 4.97. The zero-order valence-corrected chi connectivity index (χ0v) is 11.2. The van der Waals surface area contributed by atoms with E-state index in [4.69, 9.17) is 10.00 Å². The zero-order valence-electron chi connectivity index (χ0n) is 11.2. The van der Waals surface area contributed by atoms with Gasteiger partial charge in [0.2, 0.25) is 0 Å². The van der Waals surface area contributed by atoms with Crippen LogP contribution in [0.15, 0.2) is 24.3 Å². The van der Waals surface area contributed by atoms with Gasteiger partial charge < -0.3 is 15.2 Å². The normalized spacial score (nSPS) is 21.2. The first-order valence-corrected chi connectivity index (χ1v) is 6.76. The fourth-order valence-electron chi connectivity index (χ4n) is 2.47. The Morgan fingerprint density at radius 2 is 2.15 bits per heavy atom. The minimum absolute atomic E-state index is 0.0528. The van der Waals surface area contributed by atoms with Gasteiger partial charge in [0.15, 0.2) is 6.61 Å². The molecular weight excluding hydrogens is 256 g/mol. The summed E-state index contributed by atoms with van der Waals surface area (Å²) in [7, 11) is 0. The number of hydrogen-bond donors (Lipinski definition) is 2. The summed E-state index contributed by atoms with van der Waals surface area (Å²) in [4.78, 5) is 11.8. The van der Waals surface area contributed by atoms with Crippen LogP contribution in [0.3, 0.4) is 0 Å². The van der Waals surface area contributed by atoms with Crippen LogP contribution in [0.5, 0.6) is 5.75 Å². The summed E-state index contributed by atoms with van der Waals surface area (Å²) >= 11 is 0. The molecule has 1 aromatic carbocycles. The third kappa shape index (κ3) is 3.72.